The fraction of sp³-hybridized carbons (Fsp3) is 0.529. The van der Waals surface area contributed by atoms with Crippen LogP contribution >= 0.6 is 0 Å². The van der Waals surface area contributed by atoms with E-state index < -0.39 is 0 Å². The van der Waals surface area contributed by atoms with Crippen molar-refractivity contribution in [3.63, 3.8) is 0 Å². The van der Waals surface area contributed by atoms with Crippen LogP contribution in [0.4, 0.5) is 0 Å². The van der Waals surface area contributed by atoms with E-state index in [-0.39, 0.29) is 24.4 Å². The lowest BCUT2D eigenvalue weighted by Crippen LogP contribution is -2.41. The van der Waals surface area contributed by atoms with Crippen LogP contribution in [0.2, 0.25) is 0 Å². The molecule has 0 spiro atoms. The maximum atomic E-state index is 12.2. The van der Waals surface area contributed by atoms with Crippen LogP contribution in [-0.2, 0) is 9.59 Å². The molecule has 1 heterocycles. The summed E-state index contributed by atoms with van der Waals surface area (Å²) in [6, 6.07) is 7.99. The molecule has 0 aromatic heterocycles. The van der Waals surface area contributed by atoms with Gasteiger partial charge in [-0.1, -0.05) is 30.7 Å². The smallest absolute Gasteiger partial charge is 0.240 e. The van der Waals surface area contributed by atoms with Gasteiger partial charge in [0.05, 0.1) is 12.6 Å². The Labute approximate surface area is 126 Å². The van der Waals surface area contributed by atoms with Gasteiger partial charge >= 0.3 is 0 Å². The van der Waals surface area contributed by atoms with Crippen molar-refractivity contribution in [2.75, 3.05) is 13.1 Å². The molecule has 1 N–H and O–H groups in total. The summed E-state index contributed by atoms with van der Waals surface area (Å²) >= 11 is 0. The number of aryl methyl sites for hydroxylation is 1. The molecule has 114 valence electrons. The molecule has 0 saturated carbocycles. The van der Waals surface area contributed by atoms with Crippen molar-refractivity contribution >= 4 is 11.8 Å². The molecular weight excluding hydrogens is 264 g/mol. The van der Waals surface area contributed by atoms with Gasteiger partial charge in [0.15, 0.2) is 0 Å². The number of nitrogens with zero attached hydrogens (tertiary/aromatic N) is 1. The lowest BCUT2D eigenvalue weighted by Gasteiger charge is -2.22. The topological polar surface area (TPSA) is 49.4 Å². The first-order chi connectivity index (χ1) is 10.1. The van der Waals surface area contributed by atoms with Gasteiger partial charge in [0.2, 0.25) is 11.8 Å². The SMILES string of the molecule is Cc1ccccc1[C@@H](C)NC(=O)CN1CCCCCC1=O. The highest BCUT2D eigenvalue weighted by atomic mass is 16.2. The van der Waals surface area contributed by atoms with Crippen LogP contribution in [0.1, 0.15) is 49.8 Å². The van der Waals surface area contributed by atoms with Crippen molar-refractivity contribution in [1.82, 2.24) is 10.2 Å². The predicted molar refractivity (Wildman–Crippen MR) is 82.8 cm³/mol. The summed E-state index contributed by atoms with van der Waals surface area (Å²) in [5.74, 6) is 0.0206. The third-order valence-corrected chi connectivity index (χ3v) is 4.04. The van der Waals surface area contributed by atoms with Crippen LogP contribution in [0, 0.1) is 6.92 Å². The Bertz CT molecular complexity index is 513. The lowest BCUT2D eigenvalue weighted by atomic mass is 10.0. The van der Waals surface area contributed by atoms with E-state index in [0.717, 1.165) is 30.4 Å². The standard InChI is InChI=1S/C17H24N2O2/c1-13-8-5-6-9-15(13)14(2)18-16(20)12-19-11-7-3-4-10-17(19)21/h5-6,8-9,14H,3-4,7,10-12H2,1-2H3,(H,18,20)/t14-/m1/s1. The monoisotopic (exact) mass is 288 g/mol. The number of benzene rings is 1. The molecule has 1 atom stereocenters. The molecule has 0 aliphatic carbocycles. The number of nitrogens with one attached hydrogen (secondary N) is 1. The van der Waals surface area contributed by atoms with Crippen molar-refractivity contribution in [1.29, 1.82) is 0 Å². The molecule has 1 aromatic carbocycles. The predicted octanol–water partition coefficient (Wildman–Crippen LogP) is 2.57. The molecule has 1 aromatic rings. The Morgan fingerprint density at radius 1 is 1.29 bits per heavy atom. The van der Waals surface area contributed by atoms with Gasteiger partial charge in [0.1, 0.15) is 0 Å². The first kappa shape index (κ1) is 15.5. The van der Waals surface area contributed by atoms with Gasteiger partial charge in [-0.25, -0.2) is 0 Å². The highest BCUT2D eigenvalue weighted by Gasteiger charge is 2.20. The van der Waals surface area contributed by atoms with Crippen molar-refractivity contribution in [3.8, 4) is 0 Å². The molecule has 1 saturated heterocycles. The van der Waals surface area contributed by atoms with Crippen molar-refractivity contribution < 1.29 is 9.59 Å². The summed E-state index contributed by atoms with van der Waals surface area (Å²) in [5.41, 5.74) is 2.28. The summed E-state index contributed by atoms with van der Waals surface area (Å²) in [7, 11) is 0. The van der Waals surface area contributed by atoms with Crippen LogP contribution in [0.25, 0.3) is 0 Å². The van der Waals surface area contributed by atoms with Gasteiger partial charge in [-0.15, -0.1) is 0 Å². The van der Waals surface area contributed by atoms with E-state index in [2.05, 4.69) is 5.32 Å². The molecular formula is C17H24N2O2. The maximum absolute atomic E-state index is 12.2. The van der Waals surface area contributed by atoms with E-state index in [0.29, 0.717) is 13.0 Å². The molecule has 2 rings (SSSR count). The second-order valence-electron chi connectivity index (χ2n) is 5.77. The molecule has 21 heavy (non-hydrogen) atoms. The normalized spacial score (nSPS) is 17.2. The van der Waals surface area contributed by atoms with Crippen LogP contribution in [0.5, 0.6) is 0 Å². The van der Waals surface area contributed by atoms with Gasteiger partial charge in [0.25, 0.3) is 0 Å². The fourth-order valence-corrected chi connectivity index (χ4v) is 2.82. The minimum Gasteiger partial charge on any atom is -0.348 e. The fourth-order valence-electron chi connectivity index (χ4n) is 2.82. The largest absolute Gasteiger partial charge is 0.348 e. The van der Waals surface area contributed by atoms with E-state index in [1.807, 2.05) is 38.1 Å². The summed E-state index contributed by atoms with van der Waals surface area (Å²) in [6.07, 6.45) is 3.58. The molecule has 0 bridgehead atoms. The Kier molecular flexibility index (Phi) is 5.37. The van der Waals surface area contributed by atoms with Gasteiger partial charge < -0.3 is 10.2 Å². The van der Waals surface area contributed by atoms with Crippen LogP contribution < -0.4 is 5.32 Å². The molecule has 4 nitrogen and oxygen atoms in total. The number of carbonyl (C=O) groups excluding carboxylic acids is 2. The lowest BCUT2D eigenvalue weighted by molar-refractivity contribution is -0.135. The number of amides is 2. The number of likely N-dealkylation sites (tertiary alicyclic amines) is 1. The Balaban J connectivity index is 1.92. The summed E-state index contributed by atoms with van der Waals surface area (Å²) in [6.45, 7) is 4.89. The first-order valence-electron chi connectivity index (χ1n) is 7.70. The number of hydrogen-bond acceptors (Lipinski definition) is 2. The summed E-state index contributed by atoms with van der Waals surface area (Å²) < 4.78 is 0. The zero-order valence-corrected chi connectivity index (χ0v) is 12.9. The third-order valence-electron chi connectivity index (χ3n) is 4.04. The molecule has 2 amide bonds. The Morgan fingerprint density at radius 2 is 2.05 bits per heavy atom. The second kappa shape index (κ2) is 7.25. The highest BCUT2D eigenvalue weighted by Crippen LogP contribution is 2.17. The average Bonchev–Trinajstić information content (AvgIpc) is 2.64. The zero-order valence-electron chi connectivity index (χ0n) is 12.9. The molecule has 4 heteroatoms. The molecule has 1 fully saturated rings. The number of carbonyl (C=O) groups is 2. The third kappa shape index (κ3) is 4.31. The summed E-state index contributed by atoms with van der Waals surface area (Å²) in [4.78, 5) is 25.8. The van der Waals surface area contributed by atoms with E-state index in [9.17, 15) is 9.59 Å². The van der Waals surface area contributed by atoms with Crippen molar-refractivity contribution in [2.45, 2.75) is 45.6 Å². The maximum Gasteiger partial charge on any atom is 0.240 e. The Morgan fingerprint density at radius 3 is 2.81 bits per heavy atom. The minimum absolute atomic E-state index is 0.0409. The van der Waals surface area contributed by atoms with Crippen molar-refractivity contribution in [2.24, 2.45) is 0 Å². The van der Waals surface area contributed by atoms with E-state index in [4.69, 9.17) is 0 Å². The number of rotatable bonds is 4. The minimum atomic E-state index is -0.0824. The van der Waals surface area contributed by atoms with Gasteiger partial charge in [-0.3, -0.25) is 9.59 Å². The molecule has 1 aliphatic heterocycles. The van der Waals surface area contributed by atoms with Gasteiger partial charge in [-0.2, -0.15) is 0 Å². The van der Waals surface area contributed by atoms with Gasteiger partial charge in [-0.05, 0) is 37.8 Å². The van der Waals surface area contributed by atoms with Crippen LogP contribution in [-0.4, -0.2) is 29.8 Å². The zero-order chi connectivity index (χ0) is 15.2. The average molecular weight is 288 g/mol. The van der Waals surface area contributed by atoms with E-state index in [1.54, 1.807) is 4.90 Å². The highest BCUT2D eigenvalue weighted by molar-refractivity contribution is 5.85. The van der Waals surface area contributed by atoms with E-state index in [1.165, 1.54) is 0 Å². The second-order valence-corrected chi connectivity index (χ2v) is 5.77. The number of hydrogen-bond donors (Lipinski definition) is 1. The first-order valence-corrected chi connectivity index (χ1v) is 7.70. The van der Waals surface area contributed by atoms with E-state index >= 15 is 0 Å². The van der Waals surface area contributed by atoms with Gasteiger partial charge in [0, 0.05) is 13.0 Å². The quantitative estimate of drug-likeness (QED) is 0.925. The molecule has 1 aliphatic rings. The Hall–Kier alpha value is -1.84. The van der Waals surface area contributed by atoms with Crippen LogP contribution in [0.3, 0.4) is 0 Å². The van der Waals surface area contributed by atoms with Crippen molar-refractivity contribution in [3.05, 3.63) is 35.4 Å². The summed E-state index contributed by atoms with van der Waals surface area (Å²) in [5, 5.41) is 2.99. The molecule has 0 radical (unpaired) electrons. The van der Waals surface area contributed by atoms with Crippen LogP contribution in [0.15, 0.2) is 24.3 Å². The molecule has 0 unspecified atom stereocenters.